The highest BCUT2D eigenvalue weighted by atomic mass is 79.9. The van der Waals surface area contributed by atoms with Crippen LogP contribution >= 0.6 is 15.9 Å². The number of rotatable bonds is 6. The maximum Gasteiger partial charge on any atom is 0.129 e. The fourth-order valence-corrected chi connectivity index (χ4v) is 1.57. The number of hydrogen-bond donors (Lipinski definition) is 0. The Bertz CT molecular complexity index is 366. The molecule has 0 aliphatic carbocycles. The minimum atomic E-state index is -0.245. The van der Waals surface area contributed by atoms with Crippen LogP contribution in [0.3, 0.4) is 0 Å². The number of halogens is 2. The molecule has 0 saturated heterocycles. The molecule has 17 heavy (non-hydrogen) atoms. The third-order valence-corrected chi connectivity index (χ3v) is 3.17. The summed E-state index contributed by atoms with van der Waals surface area (Å²) in [6.07, 6.45) is 0.779. The van der Waals surface area contributed by atoms with E-state index in [0.717, 1.165) is 10.9 Å². The van der Waals surface area contributed by atoms with Crippen LogP contribution in [0.15, 0.2) is 22.7 Å². The van der Waals surface area contributed by atoms with Crippen LogP contribution in [-0.2, 0) is 16.1 Å². The number of benzene rings is 1. The molecule has 0 fully saturated rings. The van der Waals surface area contributed by atoms with E-state index >= 15 is 0 Å². The maximum absolute atomic E-state index is 13.4. The lowest BCUT2D eigenvalue weighted by Gasteiger charge is -2.22. The van der Waals surface area contributed by atoms with Gasteiger partial charge in [0.1, 0.15) is 5.82 Å². The first kappa shape index (κ1) is 14.6. The summed E-state index contributed by atoms with van der Waals surface area (Å²) in [7, 11) is 1.67. The lowest BCUT2D eigenvalue weighted by atomic mass is 10.1. The summed E-state index contributed by atoms with van der Waals surface area (Å²) in [6.45, 7) is 4.84. The van der Waals surface area contributed by atoms with E-state index in [9.17, 15) is 4.39 Å². The normalized spacial score (nSPS) is 11.8. The van der Waals surface area contributed by atoms with Crippen molar-refractivity contribution in [3.05, 3.63) is 34.1 Å². The first-order chi connectivity index (χ1) is 7.94. The zero-order valence-corrected chi connectivity index (χ0v) is 12.0. The monoisotopic (exact) mass is 304 g/mol. The van der Waals surface area contributed by atoms with Crippen LogP contribution < -0.4 is 0 Å². The lowest BCUT2D eigenvalue weighted by Crippen LogP contribution is -2.24. The van der Waals surface area contributed by atoms with Gasteiger partial charge in [-0.05, 0) is 32.4 Å². The van der Waals surface area contributed by atoms with Crippen LogP contribution in [0.5, 0.6) is 0 Å². The van der Waals surface area contributed by atoms with Crippen molar-refractivity contribution in [2.45, 2.75) is 32.5 Å². The third-order valence-electron chi connectivity index (χ3n) is 2.67. The van der Waals surface area contributed by atoms with Gasteiger partial charge in [0.15, 0.2) is 0 Å². The maximum atomic E-state index is 13.4. The Balaban J connectivity index is 2.36. The number of hydrogen-bond acceptors (Lipinski definition) is 2. The van der Waals surface area contributed by atoms with Crippen LogP contribution in [0.2, 0.25) is 0 Å². The van der Waals surface area contributed by atoms with E-state index in [0.29, 0.717) is 18.8 Å². The van der Waals surface area contributed by atoms with Gasteiger partial charge in [0.2, 0.25) is 0 Å². The minimum Gasteiger partial charge on any atom is -0.379 e. The molecule has 0 unspecified atom stereocenters. The zero-order chi connectivity index (χ0) is 12.9. The van der Waals surface area contributed by atoms with E-state index in [1.165, 1.54) is 6.07 Å². The average molecular weight is 305 g/mol. The van der Waals surface area contributed by atoms with Gasteiger partial charge in [-0.3, -0.25) is 0 Å². The van der Waals surface area contributed by atoms with E-state index in [1.807, 2.05) is 13.8 Å². The number of ether oxygens (including phenoxy) is 2. The summed E-state index contributed by atoms with van der Waals surface area (Å²) >= 11 is 3.22. The molecular formula is C13H18BrFO2. The predicted molar refractivity (Wildman–Crippen MR) is 69.5 cm³/mol. The molecule has 0 radical (unpaired) electrons. The molecule has 2 nitrogen and oxygen atoms in total. The molecule has 4 heteroatoms. The van der Waals surface area contributed by atoms with Gasteiger partial charge in [0.25, 0.3) is 0 Å². The van der Waals surface area contributed by atoms with Crippen LogP contribution in [0, 0.1) is 5.82 Å². The van der Waals surface area contributed by atoms with Gasteiger partial charge in [-0.1, -0.05) is 22.0 Å². The van der Waals surface area contributed by atoms with Crippen molar-refractivity contribution in [3.63, 3.8) is 0 Å². The first-order valence-electron chi connectivity index (χ1n) is 5.51. The van der Waals surface area contributed by atoms with Gasteiger partial charge in [-0.25, -0.2) is 4.39 Å². The van der Waals surface area contributed by atoms with Crippen molar-refractivity contribution in [3.8, 4) is 0 Å². The molecule has 1 aromatic carbocycles. The van der Waals surface area contributed by atoms with Gasteiger partial charge in [0.05, 0.1) is 12.2 Å². The van der Waals surface area contributed by atoms with Crippen molar-refractivity contribution in [2.24, 2.45) is 0 Å². The Morgan fingerprint density at radius 2 is 2.06 bits per heavy atom. The standard InChI is InChI=1S/C13H18BrFO2/c1-13(2,16-3)6-7-17-9-10-4-5-11(14)8-12(10)15/h4-5,8H,6-7,9H2,1-3H3. The highest BCUT2D eigenvalue weighted by molar-refractivity contribution is 9.10. The first-order valence-corrected chi connectivity index (χ1v) is 6.31. The Morgan fingerprint density at radius 1 is 1.35 bits per heavy atom. The molecule has 0 N–H and O–H groups in total. The minimum absolute atomic E-state index is 0.196. The van der Waals surface area contributed by atoms with Crippen molar-refractivity contribution < 1.29 is 13.9 Å². The van der Waals surface area contributed by atoms with Gasteiger partial charge in [-0.2, -0.15) is 0 Å². The van der Waals surface area contributed by atoms with E-state index in [4.69, 9.17) is 9.47 Å². The molecule has 0 heterocycles. The molecule has 1 rings (SSSR count). The van der Waals surface area contributed by atoms with Crippen LogP contribution in [0.4, 0.5) is 4.39 Å². The molecule has 96 valence electrons. The van der Waals surface area contributed by atoms with Crippen LogP contribution in [0.25, 0.3) is 0 Å². The highest BCUT2D eigenvalue weighted by Crippen LogP contribution is 2.17. The number of methoxy groups -OCH3 is 1. The largest absolute Gasteiger partial charge is 0.379 e. The Labute approximate surface area is 110 Å². The molecule has 0 saturated carbocycles. The van der Waals surface area contributed by atoms with Crippen LogP contribution in [0.1, 0.15) is 25.8 Å². The Kier molecular flexibility index (Phi) is 5.56. The SMILES string of the molecule is COC(C)(C)CCOCc1ccc(Br)cc1F. The summed E-state index contributed by atoms with van der Waals surface area (Å²) < 4.78 is 24.9. The summed E-state index contributed by atoms with van der Waals surface area (Å²) in [5.41, 5.74) is 0.376. The van der Waals surface area contributed by atoms with Gasteiger partial charge >= 0.3 is 0 Å². The summed E-state index contributed by atoms with van der Waals surface area (Å²) in [4.78, 5) is 0. The highest BCUT2D eigenvalue weighted by Gasteiger charge is 2.15. The second kappa shape index (κ2) is 6.47. The second-order valence-corrected chi connectivity index (χ2v) is 5.42. The molecule has 0 bridgehead atoms. The second-order valence-electron chi connectivity index (χ2n) is 4.50. The quantitative estimate of drug-likeness (QED) is 0.742. The van der Waals surface area contributed by atoms with E-state index in [2.05, 4.69) is 15.9 Å². The molecule has 0 aliphatic rings. The van der Waals surface area contributed by atoms with Crippen molar-refractivity contribution in [1.29, 1.82) is 0 Å². The lowest BCUT2D eigenvalue weighted by molar-refractivity contribution is -0.0127. The smallest absolute Gasteiger partial charge is 0.129 e. The fourth-order valence-electron chi connectivity index (χ4n) is 1.24. The van der Waals surface area contributed by atoms with E-state index in [1.54, 1.807) is 19.2 Å². The average Bonchev–Trinajstić information content (AvgIpc) is 2.27. The molecule has 0 atom stereocenters. The van der Waals surface area contributed by atoms with Crippen molar-refractivity contribution in [2.75, 3.05) is 13.7 Å². The summed E-state index contributed by atoms with van der Waals surface area (Å²) in [5.74, 6) is -0.245. The van der Waals surface area contributed by atoms with Gasteiger partial charge in [0, 0.05) is 23.8 Å². The van der Waals surface area contributed by atoms with Gasteiger partial charge in [-0.15, -0.1) is 0 Å². The van der Waals surface area contributed by atoms with Crippen LogP contribution in [-0.4, -0.2) is 19.3 Å². The topological polar surface area (TPSA) is 18.5 Å². The summed E-state index contributed by atoms with van der Waals surface area (Å²) in [5, 5.41) is 0. The molecule has 1 aromatic rings. The zero-order valence-electron chi connectivity index (χ0n) is 10.4. The predicted octanol–water partition coefficient (Wildman–Crippen LogP) is 3.92. The van der Waals surface area contributed by atoms with E-state index < -0.39 is 0 Å². The Hall–Kier alpha value is -0.450. The van der Waals surface area contributed by atoms with E-state index in [-0.39, 0.29) is 11.4 Å². The molecule has 0 aromatic heterocycles. The molecule has 0 amide bonds. The van der Waals surface area contributed by atoms with Gasteiger partial charge < -0.3 is 9.47 Å². The third kappa shape index (κ3) is 5.15. The Morgan fingerprint density at radius 3 is 2.65 bits per heavy atom. The van der Waals surface area contributed by atoms with Crippen molar-refractivity contribution in [1.82, 2.24) is 0 Å². The molecule has 0 spiro atoms. The van der Waals surface area contributed by atoms with Crippen molar-refractivity contribution >= 4 is 15.9 Å². The fraction of sp³-hybridized carbons (Fsp3) is 0.538. The summed E-state index contributed by atoms with van der Waals surface area (Å²) in [6, 6.07) is 4.97. The molecular weight excluding hydrogens is 287 g/mol. The molecule has 0 aliphatic heterocycles.